The van der Waals surface area contributed by atoms with Gasteiger partial charge in [-0.25, -0.2) is 4.68 Å². The maximum Gasteiger partial charge on any atom is 0.411 e. The standard InChI is InChI=1S/C20H25F3N4O2/c21-20(22,23)16-29-12-4-7-25-8-10-26(11-9-25)19(28)13-17-14-24-27(15-17)18-5-2-1-3-6-18/h1-3,5-6,14-15H,4,7-13,16H2. The molecule has 1 aliphatic rings. The van der Waals surface area contributed by atoms with E-state index in [4.69, 9.17) is 0 Å². The van der Waals surface area contributed by atoms with Gasteiger partial charge in [-0.1, -0.05) is 18.2 Å². The van der Waals surface area contributed by atoms with Gasteiger partial charge in [-0.15, -0.1) is 0 Å². The monoisotopic (exact) mass is 410 g/mol. The van der Waals surface area contributed by atoms with Gasteiger partial charge in [-0.05, 0) is 24.1 Å². The third kappa shape index (κ3) is 6.86. The summed E-state index contributed by atoms with van der Waals surface area (Å²) in [5.41, 5.74) is 1.81. The van der Waals surface area contributed by atoms with Gasteiger partial charge in [0.05, 0.1) is 18.3 Å². The van der Waals surface area contributed by atoms with Crippen molar-refractivity contribution in [1.29, 1.82) is 0 Å². The smallest absolute Gasteiger partial charge is 0.372 e. The van der Waals surface area contributed by atoms with E-state index < -0.39 is 12.8 Å². The molecule has 1 amide bonds. The first-order valence-electron chi connectivity index (χ1n) is 9.64. The molecule has 0 aliphatic carbocycles. The van der Waals surface area contributed by atoms with Gasteiger partial charge in [0.25, 0.3) is 0 Å². The SMILES string of the molecule is O=C(Cc1cnn(-c2ccccc2)c1)N1CCN(CCCOCC(F)(F)F)CC1. The van der Waals surface area contributed by atoms with Crippen LogP contribution >= 0.6 is 0 Å². The van der Waals surface area contributed by atoms with E-state index in [1.54, 1.807) is 10.9 Å². The second-order valence-corrected chi connectivity index (χ2v) is 7.05. The number of piperazine rings is 1. The Labute approximate surface area is 167 Å². The van der Waals surface area contributed by atoms with Crippen LogP contribution in [-0.2, 0) is 16.0 Å². The lowest BCUT2D eigenvalue weighted by atomic mass is 10.2. The van der Waals surface area contributed by atoms with E-state index in [9.17, 15) is 18.0 Å². The molecule has 1 saturated heterocycles. The van der Waals surface area contributed by atoms with E-state index in [1.165, 1.54) is 0 Å². The van der Waals surface area contributed by atoms with Crippen molar-refractivity contribution in [3.8, 4) is 5.69 Å². The molecule has 0 atom stereocenters. The minimum Gasteiger partial charge on any atom is -0.372 e. The summed E-state index contributed by atoms with van der Waals surface area (Å²) in [7, 11) is 0. The van der Waals surface area contributed by atoms with Crippen LogP contribution in [0.4, 0.5) is 13.2 Å². The molecule has 0 bridgehead atoms. The Morgan fingerprint density at radius 1 is 1.10 bits per heavy atom. The molecule has 1 fully saturated rings. The number of halogens is 3. The average molecular weight is 410 g/mol. The van der Waals surface area contributed by atoms with Crippen LogP contribution in [-0.4, -0.2) is 77.6 Å². The summed E-state index contributed by atoms with van der Waals surface area (Å²) in [6, 6.07) is 9.71. The molecule has 3 rings (SSSR count). The molecule has 1 aromatic heterocycles. The highest BCUT2D eigenvalue weighted by atomic mass is 19.4. The number of hydrogen-bond acceptors (Lipinski definition) is 4. The number of hydrogen-bond donors (Lipinski definition) is 0. The molecule has 0 radical (unpaired) electrons. The Bertz CT molecular complexity index is 772. The number of rotatable bonds is 8. The average Bonchev–Trinajstić information content (AvgIpc) is 3.16. The van der Waals surface area contributed by atoms with Gasteiger partial charge in [-0.2, -0.15) is 18.3 Å². The Morgan fingerprint density at radius 3 is 2.52 bits per heavy atom. The largest absolute Gasteiger partial charge is 0.411 e. The first-order chi connectivity index (χ1) is 13.9. The lowest BCUT2D eigenvalue weighted by Gasteiger charge is -2.34. The van der Waals surface area contributed by atoms with Gasteiger partial charge < -0.3 is 9.64 Å². The maximum absolute atomic E-state index is 12.6. The number of nitrogens with zero attached hydrogens (tertiary/aromatic N) is 4. The predicted octanol–water partition coefficient (Wildman–Crippen LogP) is 2.53. The van der Waals surface area contributed by atoms with Crippen molar-refractivity contribution in [2.45, 2.75) is 19.0 Å². The Kier molecular flexibility index (Phi) is 7.27. The lowest BCUT2D eigenvalue weighted by Crippen LogP contribution is -2.49. The van der Waals surface area contributed by atoms with Crippen LogP contribution < -0.4 is 0 Å². The summed E-state index contributed by atoms with van der Waals surface area (Å²) < 4.78 is 42.4. The summed E-state index contributed by atoms with van der Waals surface area (Å²) in [6.45, 7) is 2.23. The van der Waals surface area contributed by atoms with Crippen molar-refractivity contribution >= 4 is 5.91 Å². The number of benzene rings is 1. The van der Waals surface area contributed by atoms with Crippen molar-refractivity contribution in [2.24, 2.45) is 0 Å². The molecule has 1 aromatic carbocycles. The molecule has 0 saturated carbocycles. The second-order valence-electron chi connectivity index (χ2n) is 7.05. The highest BCUT2D eigenvalue weighted by Crippen LogP contribution is 2.14. The Balaban J connectivity index is 1.37. The molecule has 1 aliphatic heterocycles. The van der Waals surface area contributed by atoms with Gasteiger partial charge in [0, 0.05) is 45.5 Å². The molecule has 2 heterocycles. The highest BCUT2D eigenvalue weighted by molar-refractivity contribution is 5.78. The lowest BCUT2D eigenvalue weighted by molar-refractivity contribution is -0.174. The molecular weight excluding hydrogens is 385 g/mol. The van der Waals surface area contributed by atoms with Crippen molar-refractivity contribution in [1.82, 2.24) is 19.6 Å². The molecule has 0 N–H and O–H groups in total. The van der Waals surface area contributed by atoms with E-state index in [2.05, 4.69) is 14.7 Å². The summed E-state index contributed by atoms with van der Waals surface area (Å²) >= 11 is 0. The molecule has 2 aromatic rings. The zero-order valence-corrected chi connectivity index (χ0v) is 16.1. The van der Waals surface area contributed by atoms with Crippen molar-refractivity contribution in [2.75, 3.05) is 45.9 Å². The molecular formula is C20H25F3N4O2. The highest BCUT2D eigenvalue weighted by Gasteiger charge is 2.27. The minimum absolute atomic E-state index is 0.0609. The molecule has 0 spiro atoms. The summed E-state index contributed by atoms with van der Waals surface area (Å²) in [5, 5.41) is 4.32. The maximum atomic E-state index is 12.6. The number of para-hydroxylation sites is 1. The number of carbonyl (C=O) groups excluding carboxylic acids is 1. The second kappa shape index (κ2) is 9.89. The van der Waals surface area contributed by atoms with E-state index >= 15 is 0 Å². The zero-order chi connectivity index (χ0) is 20.7. The van der Waals surface area contributed by atoms with Crippen LogP contribution in [0.3, 0.4) is 0 Å². The summed E-state index contributed by atoms with van der Waals surface area (Å²) in [4.78, 5) is 16.5. The normalized spacial score (nSPS) is 15.6. The third-order valence-electron chi connectivity index (χ3n) is 4.77. The van der Waals surface area contributed by atoms with Crippen molar-refractivity contribution in [3.05, 3.63) is 48.3 Å². The Hall–Kier alpha value is -2.39. The van der Waals surface area contributed by atoms with Gasteiger partial charge in [0.15, 0.2) is 0 Å². The summed E-state index contributed by atoms with van der Waals surface area (Å²) in [6.07, 6.45) is 0.150. The molecule has 0 unspecified atom stereocenters. The van der Waals surface area contributed by atoms with Crippen LogP contribution in [0.2, 0.25) is 0 Å². The fraction of sp³-hybridized carbons (Fsp3) is 0.500. The molecule has 9 heteroatoms. The van der Waals surface area contributed by atoms with Gasteiger partial charge in [-0.3, -0.25) is 9.69 Å². The van der Waals surface area contributed by atoms with E-state index in [-0.39, 0.29) is 12.5 Å². The van der Waals surface area contributed by atoms with E-state index in [0.29, 0.717) is 45.6 Å². The minimum atomic E-state index is -4.27. The van der Waals surface area contributed by atoms with Crippen LogP contribution in [0, 0.1) is 0 Å². The van der Waals surface area contributed by atoms with Crippen LogP contribution in [0.1, 0.15) is 12.0 Å². The number of amides is 1. The number of carbonyl (C=O) groups is 1. The zero-order valence-electron chi connectivity index (χ0n) is 16.1. The fourth-order valence-electron chi connectivity index (χ4n) is 3.26. The van der Waals surface area contributed by atoms with Crippen LogP contribution in [0.15, 0.2) is 42.7 Å². The quantitative estimate of drug-likeness (QED) is 0.628. The van der Waals surface area contributed by atoms with E-state index in [1.807, 2.05) is 41.4 Å². The third-order valence-corrected chi connectivity index (χ3v) is 4.77. The molecule has 29 heavy (non-hydrogen) atoms. The van der Waals surface area contributed by atoms with Gasteiger partial charge in [0.2, 0.25) is 5.91 Å². The van der Waals surface area contributed by atoms with Crippen molar-refractivity contribution in [3.63, 3.8) is 0 Å². The van der Waals surface area contributed by atoms with E-state index in [0.717, 1.165) is 11.3 Å². The topological polar surface area (TPSA) is 50.6 Å². The van der Waals surface area contributed by atoms with Gasteiger partial charge in [0.1, 0.15) is 6.61 Å². The number of alkyl halides is 3. The molecule has 6 nitrogen and oxygen atoms in total. The first-order valence-corrected chi connectivity index (χ1v) is 9.64. The predicted molar refractivity (Wildman–Crippen MR) is 102 cm³/mol. The molecule has 158 valence electrons. The van der Waals surface area contributed by atoms with Crippen LogP contribution in [0.25, 0.3) is 5.69 Å². The number of aromatic nitrogens is 2. The Morgan fingerprint density at radius 2 is 1.83 bits per heavy atom. The van der Waals surface area contributed by atoms with Crippen molar-refractivity contribution < 1.29 is 22.7 Å². The number of ether oxygens (including phenoxy) is 1. The first kappa shape index (κ1) is 21.3. The fourth-order valence-corrected chi connectivity index (χ4v) is 3.26. The van der Waals surface area contributed by atoms with Gasteiger partial charge >= 0.3 is 6.18 Å². The summed E-state index contributed by atoms with van der Waals surface area (Å²) in [5.74, 6) is 0.0609. The van der Waals surface area contributed by atoms with Crippen LogP contribution in [0.5, 0.6) is 0 Å².